The van der Waals surface area contributed by atoms with Gasteiger partial charge in [-0.3, -0.25) is 19.7 Å². The topological polar surface area (TPSA) is 92.7 Å². The summed E-state index contributed by atoms with van der Waals surface area (Å²) in [5.41, 5.74) is 0. The molecular weight excluding hydrogens is 353 g/mol. The van der Waals surface area contributed by atoms with Crippen molar-refractivity contribution in [1.82, 2.24) is 5.32 Å². The first-order valence-corrected chi connectivity index (χ1v) is 6.78. The van der Waals surface area contributed by atoms with E-state index in [1.165, 1.54) is 22.6 Å². The number of aliphatic hydroxyl groups excluding tert-OH is 1. The highest BCUT2D eigenvalue weighted by molar-refractivity contribution is 14.1. The predicted octanol–water partition coefficient (Wildman–Crippen LogP) is 1.39. The summed E-state index contributed by atoms with van der Waals surface area (Å²) in [6, 6.07) is 0. The van der Waals surface area contributed by atoms with Gasteiger partial charge in [0.1, 0.15) is 6.61 Å². The molecule has 0 rings (SSSR count). The number of ether oxygens (including phenoxy) is 1. The summed E-state index contributed by atoms with van der Waals surface area (Å²) in [4.78, 5) is 33.1. The molecular formula is C11H18INO5. The van der Waals surface area contributed by atoms with Crippen LogP contribution in [-0.4, -0.2) is 33.6 Å². The number of imide groups is 1. The van der Waals surface area contributed by atoms with Gasteiger partial charge < -0.3 is 9.84 Å². The highest BCUT2D eigenvalue weighted by Crippen LogP contribution is 2.07. The van der Waals surface area contributed by atoms with Gasteiger partial charge in [0.2, 0.25) is 5.91 Å². The molecule has 0 aromatic carbocycles. The summed E-state index contributed by atoms with van der Waals surface area (Å²) >= 11 is 1.42. The minimum Gasteiger partial charge on any atom is -0.463 e. The van der Waals surface area contributed by atoms with E-state index in [0.29, 0.717) is 0 Å². The molecule has 0 heterocycles. The number of carbonyl (C=O) groups is 3. The Labute approximate surface area is 120 Å². The zero-order chi connectivity index (χ0) is 14.1. The van der Waals surface area contributed by atoms with Gasteiger partial charge in [0.05, 0.1) is 18.4 Å². The highest BCUT2D eigenvalue weighted by Gasteiger charge is 2.17. The Hall–Kier alpha value is -0.700. The van der Waals surface area contributed by atoms with Crippen LogP contribution in [0.1, 0.15) is 33.1 Å². The van der Waals surface area contributed by atoms with Gasteiger partial charge in [-0.1, -0.05) is 20.3 Å². The van der Waals surface area contributed by atoms with Crippen LogP contribution in [0.5, 0.6) is 0 Å². The monoisotopic (exact) mass is 371 g/mol. The summed E-state index contributed by atoms with van der Waals surface area (Å²) in [6.07, 6.45) is 0.223. The first-order valence-electron chi connectivity index (χ1n) is 5.70. The van der Waals surface area contributed by atoms with Gasteiger partial charge in [-0.05, 0) is 6.42 Å². The number of rotatable bonds is 7. The number of halogens is 1. The van der Waals surface area contributed by atoms with Crippen molar-refractivity contribution in [3.05, 3.63) is 0 Å². The lowest BCUT2D eigenvalue weighted by molar-refractivity contribution is -0.152. The Balaban J connectivity index is 3.89. The number of aliphatic hydroxyl groups is 1. The SMILES string of the molecule is CCCC(C)C(=O)OCC(O)CC(=O)NC(=O)I. The van der Waals surface area contributed by atoms with Crippen LogP contribution in [0.25, 0.3) is 0 Å². The molecule has 104 valence electrons. The van der Waals surface area contributed by atoms with Gasteiger partial charge in [-0.25, -0.2) is 0 Å². The Morgan fingerprint density at radius 2 is 2.00 bits per heavy atom. The van der Waals surface area contributed by atoms with Crippen LogP contribution in [0.2, 0.25) is 0 Å². The molecule has 0 spiro atoms. The molecule has 18 heavy (non-hydrogen) atoms. The Kier molecular flexibility index (Phi) is 8.90. The van der Waals surface area contributed by atoms with E-state index in [0.717, 1.165) is 12.8 Å². The molecule has 2 N–H and O–H groups in total. The van der Waals surface area contributed by atoms with E-state index >= 15 is 0 Å². The molecule has 2 atom stereocenters. The second-order valence-electron chi connectivity index (χ2n) is 4.00. The molecule has 0 aliphatic rings. The van der Waals surface area contributed by atoms with Crippen molar-refractivity contribution in [2.75, 3.05) is 6.61 Å². The van der Waals surface area contributed by atoms with E-state index < -0.39 is 15.9 Å². The lowest BCUT2D eigenvalue weighted by atomic mass is 10.1. The van der Waals surface area contributed by atoms with Crippen LogP contribution >= 0.6 is 22.6 Å². The lowest BCUT2D eigenvalue weighted by Gasteiger charge is -2.13. The third kappa shape index (κ3) is 8.40. The van der Waals surface area contributed by atoms with Crippen molar-refractivity contribution in [3.8, 4) is 0 Å². The zero-order valence-corrected chi connectivity index (χ0v) is 12.6. The Bertz CT molecular complexity index is 308. The molecule has 0 aromatic heterocycles. The smallest absolute Gasteiger partial charge is 0.308 e. The normalized spacial score (nSPS) is 13.6. The van der Waals surface area contributed by atoms with Gasteiger partial charge >= 0.3 is 5.97 Å². The maximum atomic E-state index is 11.4. The molecule has 2 unspecified atom stereocenters. The molecule has 0 bridgehead atoms. The maximum Gasteiger partial charge on any atom is 0.308 e. The van der Waals surface area contributed by atoms with Crippen molar-refractivity contribution in [3.63, 3.8) is 0 Å². The minimum absolute atomic E-state index is 0.216. The van der Waals surface area contributed by atoms with Crippen LogP contribution in [0, 0.1) is 5.92 Å². The second-order valence-corrected chi connectivity index (χ2v) is 4.98. The fraction of sp³-hybridized carbons (Fsp3) is 0.727. The standard InChI is InChI=1S/C11H18INO5/c1-3-4-7(2)10(16)18-6-8(14)5-9(15)13-11(12)17/h7-8,14H,3-6H2,1-2H3,(H,13,15,17). The van der Waals surface area contributed by atoms with Gasteiger partial charge in [-0.15, -0.1) is 0 Å². The summed E-state index contributed by atoms with van der Waals surface area (Å²) in [7, 11) is 0. The molecule has 2 amide bonds. The number of esters is 1. The fourth-order valence-electron chi connectivity index (χ4n) is 1.31. The third-order valence-electron chi connectivity index (χ3n) is 2.20. The second kappa shape index (κ2) is 9.26. The molecule has 7 heteroatoms. The molecule has 6 nitrogen and oxygen atoms in total. The van der Waals surface area contributed by atoms with Crippen molar-refractivity contribution in [2.45, 2.75) is 39.2 Å². The van der Waals surface area contributed by atoms with Crippen LogP contribution in [0.3, 0.4) is 0 Å². The van der Waals surface area contributed by atoms with Crippen molar-refractivity contribution in [1.29, 1.82) is 0 Å². The molecule has 0 aliphatic carbocycles. The number of amides is 2. The number of carbonyl (C=O) groups excluding carboxylic acids is 3. The van der Waals surface area contributed by atoms with Gasteiger partial charge in [0, 0.05) is 22.6 Å². The largest absolute Gasteiger partial charge is 0.463 e. The average Bonchev–Trinajstić information content (AvgIpc) is 2.24. The first-order chi connectivity index (χ1) is 8.36. The first kappa shape index (κ1) is 17.3. The van der Waals surface area contributed by atoms with Gasteiger partial charge in [0.15, 0.2) is 0 Å². The minimum atomic E-state index is -1.10. The van der Waals surface area contributed by atoms with Crippen molar-refractivity contribution < 1.29 is 24.2 Å². The zero-order valence-electron chi connectivity index (χ0n) is 10.4. The predicted molar refractivity (Wildman–Crippen MR) is 73.2 cm³/mol. The quantitative estimate of drug-likeness (QED) is 0.305. The van der Waals surface area contributed by atoms with E-state index in [2.05, 4.69) is 0 Å². The molecule has 0 saturated carbocycles. The van der Waals surface area contributed by atoms with E-state index in [1.54, 1.807) is 6.92 Å². The van der Waals surface area contributed by atoms with Gasteiger partial charge in [-0.2, -0.15) is 0 Å². The number of nitrogens with one attached hydrogen (secondary N) is 1. The van der Waals surface area contributed by atoms with E-state index in [1.807, 2.05) is 12.2 Å². The van der Waals surface area contributed by atoms with E-state index in [4.69, 9.17) is 4.74 Å². The summed E-state index contributed by atoms with van der Waals surface area (Å²) < 4.78 is 4.35. The summed E-state index contributed by atoms with van der Waals surface area (Å²) in [5, 5.41) is 11.5. The number of hydrogen-bond donors (Lipinski definition) is 2. The van der Waals surface area contributed by atoms with Crippen LogP contribution in [-0.2, 0) is 14.3 Å². The van der Waals surface area contributed by atoms with Crippen LogP contribution in [0.4, 0.5) is 4.79 Å². The Morgan fingerprint density at radius 3 is 2.50 bits per heavy atom. The molecule has 0 aliphatic heterocycles. The van der Waals surface area contributed by atoms with E-state index in [-0.39, 0.29) is 24.9 Å². The molecule has 0 saturated heterocycles. The highest BCUT2D eigenvalue weighted by atomic mass is 127. The van der Waals surface area contributed by atoms with Crippen LogP contribution in [0.15, 0.2) is 0 Å². The summed E-state index contributed by atoms with van der Waals surface area (Å²) in [5.74, 6) is -1.20. The van der Waals surface area contributed by atoms with Crippen molar-refractivity contribution >= 4 is 38.4 Å². The maximum absolute atomic E-state index is 11.4. The van der Waals surface area contributed by atoms with Crippen molar-refractivity contribution in [2.24, 2.45) is 5.92 Å². The van der Waals surface area contributed by atoms with Gasteiger partial charge in [0.25, 0.3) is 3.91 Å². The third-order valence-corrected chi connectivity index (χ3v) is 2.47. The summed E-state index contributed by atoms with van der Waals surface area (Å²) in [6.45, 7) is 3.47. The average molecular weight is 371 g/mol. The molecule has 0 fully saturated rings. The lowest BCUT2D eigenvalue weighted by Crippen LogP contribution is -2.31. The molecule has 0 aromatic rings. The Morgan fingerprint density at radius 1 is 1.39 bits per heavy atom. The van der Waals surface area contributed by atoms with Crippen LogP contribution < -0.4 is 5.32 Å². The fourth-order valence-corrected chi connectivity index (χ4v) is 1.61. The van der Waals surface area contributed by atoms with E-state index in [9.17, 15) is 19.5 Å². The molecule has 0 radical (unpaired) electrons. The number of hydrogen-bond acceptors (Lipinski definition) is 5.